The van der Waals surface area contributed by atoms with E-state index in [1.807, 2.05) is 0 Å². The van der Waals surface area contributed by atoms with Gasteiger partial charge in [-0.25, -0.2) is 9.97 Å². The fourth-order valence-electron chi connectivity index (χ4n) is 4.38. The van der Waals surface area contributed by atoms with Crippen molar-refractivity contribution < 1.29 is 41.0 Å². The molecule has 2 aliphatic rings. The fraction of sp³-hybridized carbons (Fsp3) is 0.478. The van der Waals surface area contributed by atoms with E-state index in [9.17, 15) is 36.2 Å². The Labute approximate surface area is 207 Å². The summed E-state index contributed by atoms with van der Waals surface area (Å²) in [7, 11) is 0. The van der Waals surface area contributed by atoms with Gasteiger partial charge in [0.15, 0.2) is 0 Å². The van der Waals surface area contributed by atoms with Crippen molar-refractivity contribution in [3.8, 4) is 5.75 Å². The lowest BCUT2D eigenvalue weighted by atomic mass is 9.94. The van der Waals surface area contributed by atoms with Gasteiger partial charge in [-0.15, -0.1) is 0 Å². The van der Waals surface area contributed by atoms with Crippen molar-refractivity contribution in [2.75, 3.05) is 23.0 Å². The Morgan fingerprint density at radius 3 is 2.27 bits per heavy atom. The minimum atomic E-state index is -4.68. The molecule has 0 unspecified atom stereocenters. The topological polar surface area (TPSA) is 91.2 Å². The molecule has 0 bridgehead atoms. The summed E-state index contributed by atoms with van der Waals surface area (Å²) in [6, 6.07) is 5.94. The highest BCUT2D eigenvalue weighted by Gasteiger charge is 2.48. The average Bonchev–Trinajstić information content (AvgIpc) is 3.15. The number of hydrazone groups is 1. The van der Waals surface area contributed by atoms with Crippen molar-refractivity contribution in [2.24, 2.45) is 11.0 Å². The number of benzene rings is 1. The van der Waals surface area contributed by atoms with Crippen LogP contribution in [0, 0.1) is 5.92 Å². The molecule has 0 radical (unpaired) electrons. The first-order valence-electron chi connectivity index (χ1n) is 11.4. The van der Waals surface area contributed by atoms with Crippen LogP contribution in [0.5, 0.6) is 5.75 Å². The normalized spacial score (nSPS) is 21.2. The molecule has 4 rings (SSSR count). The van der Waals surface area contributed by atoms with Crippen LogP contribution < -0.4 is 14.6 Å². The maximum Gasteiger partial charge on any atom is 0.433 e. The molecule has 1 aromatic heterocycles. The Balaban J connectivity index is 1.39. The summed E-state index contributed by atoms with van der Waals surface area (Å²) in [5.74, 6) is -1.92. The highest BCUT2D eigenvalue weighted by atomic mass is 19.4. The summed E-state index contributed by atoms with van der Waals surface area (Å²) in [5.41, 5.74) is -1.75. The number of carboxylic acids is 1. The number of alkyl halides is 6. The number of ether oxygens (including phenoxy) is 1. The molecule has 2 atom stereocenters. The van der Waals surface area contributed by atoms with Gasteiger partial charge in [-0.2, -0.15) is 31.4 Å². The van der Waals surface area contributed by atoms with Gasteiger partial charge in [0, 0.05) is 38.0 Å². The van der Waals surface area contributed by atoms with Crippen LogP contribution in [0.25, 0.3) is 0 Å². The van der Waals surface area contributed by atoms with Crippen molar-refractivity contribution in [2.45, 2.75) is 50.7 Å². The largest absolute Gasteiger partial charge is 0.490 e. The van der Waals surface area contributed by atoms with Crippen LogP contribution in [-0.2, 0) is 11.0 Å². The highest BCUT2D eigenvalue weighted by molar-refractivity contribution is 5.95. The molecule has 0 amide bonds. The lowest BCUT2D eigenvalue weighted by molar-refractivity contribution is -0.141. The number of aromatic nitrogens is 2. The second kappa shape index (κ2) is 10.1. The molecule has 37 heavy (non-hydrogen) atoms. The Morgan fingerprint density at radius 1 is 1.05 bits per heavy atom. The minimum absolute atomic E-state index is 0.00725. The second-order valence-electron chi connectivity index (χ2n) is 8.82. The van der Waals surface area contributed by atoms with Crippen molar-refractivity contribution >= 4 is 23.3 Å². The van der Waals surface area contributed by atoms with Gasteiger partial charge in [-0.3, -0.25) is 9.80 Å². The number of aliphatic carboxylic acids is 1. The Hall–Kier alpha value is -3.58. The predicted octanol–water partition coefficient (Wildman–Crippen LogP) is 4.76. The summed E-state index contributed by atoms with van der Waals surface area (Å²) in [5, 5.41) is 13.9. The van der Waals surface area contributed by atoms with Gasteiger partial charge in [0.2, 0.25) is 5.95 Å². The molecule has 3 heterocycles. The first kappa shape index (κ1) is 26.5. The van der Waals surface area contributed by atoms with Crippen LogP contribution in [0.1, 0.15) is 31.9 Å². The number of hydrogen-bond donors (Lipinski definition) is 1. The zero-order valence-electron chi connectivity index (χ0n) is 19.5. The van der Waals surface area contributed by atoms with Gasteiger partial charge in [0.05, 0.1) is 18.2 Å². The third-order valence-corrected chi connectivity index (χ3v) is 6.27. The summed E-state index contributed by atoms with van der Waals surface area (Å²) in [4.78, 5) is 20.4. The summed E-state index contributed by atoms with van der Waals surface area (Å²) >= 11 is 0. The van der Waals surface area contributed by atoms with Gasteiger partial charge < -0.3 is 14.7 Å². The molecule has 2 aliphatic heterocycles. The zero-order valence-corrected chi connectivity index (χ0v) is 19.5. The number of carboxylic acid groups (broad SMARTS) is 1. The molecule has 0 saturated carbocycles. The SMILES string of the molecule is C[C@@H]1C(C(F)(F)F)=NN(c2ccc(OC3CCN(c4nccc(C(F)(F)F)n4)CC3)cc2)[C@H]1CC(=O)O. The number of rotatable bonds is 6. The molecule has 1 fully saturated rings. The molecule has 1 saturated heterocycles. The molecule has 8 nitrogen and oxygen atoms in total. The number of carbonyl (C=O) groups is 1. The molecule has 1 N–H and O–H groups in total. The van der Waals surface area contributed by atoms with Gasteiger partial charge >= 0.3 is 18.3 Å². The monoisotopic (exact) mass is 531 g/mol. The first-order chi connectivity index (χ1) is 17.3. The van der Waals surface area contributed by atoms with E-state index in [1.165, 1.54) is 19.1 Å². The molecule has 200 valence electrons. The van der Waals surface area contributed by atoms with Crippen LogP contribution in [-0.4, -0.2) is 58.2 Å². The second-order valence-corrected chi connectivity index (χ2v) is 8.82. The van der Waals surface area contributed by atoms with E-state index in [0.29, 0.717) is 37.4 Å². The summed E-state index contributed by atoms with van der Waals surface area (Å²) in [6.45, 7) is 2.05. The van der Waals surface area contributed by atoms with Crippen molar-refractivity contribution in [1.29, 1.82) is 0 Å². The van der Waals surface area contributed by atoms with E-state index in [0.717, 1.165) is 17.3 Å². The molecule has 2 aromatic rings. The average molecular weight is 531 g/mol. The predicted molar refractivity (Wildman–Crippen MR) is 121 cm³/mol. The fourth-order valence-corrected chi connectivity index (χ4v) is 4.38. The molecular formula is C23H23F6N5O3. The number of piperidine rings is 1. The van der Waals surface area contributed by atoms with E-state index in [2.05, 4.69) is 15.1 Å². The summed E-state index contributed by atoms with van der Waals surface area (Å²) < 4.78 is 84.8. The van der Waals surface area contributed by atoms with Crippen LogP contribution in [0.15, 0.2) is 41.6 Å². The maximum absolute atomic E-state index is 13.4. The third-order valence-electron chi connectivity index (χ3n) is 6.27. The van der Waals surface area contributed by atoms with Crippen LogP contribution in [0.4, 0.5) is 38.0 Å². The van der Waals surface area contributed by atoms with E-state index in [4.69, 9.17) is 4.74 Å². The Morgan fingerprint density at radius 2 is 1.70 bits per heavy atom. The quantitative estimate of drug-likeness (QED) is 0.538. The molecule has 14 heteroatoms. The molecule has 0 aliphatic carbocycles. The molecular weight excluding hydrogens is 508 g/mol. The van der Waals surface area contributed by atoms with E-state index in [-0.39, 0.29) is 12.1 Å². The summed E-state index contributed by atoms with van der Waals surface area (Å²) in [6.07, 6.45) is -7.95. The van der Waals surface area contributed by atoms with Gasteiger partial charge in [-0.1, -0.05) is 6.92 Å². The standard InChI is InChI=1S/C23H23F6N5O3/c1-13-17(12-19(35)36)34(32-20(13)23(27,28)29)14-2-4-15(5-3-14)37-16-7-10-33(11-8-16)21-30-9-6-18(31-21)22(24,25)26/h2-6,9,13,16-17H,7-8,10-12H2,1H3,(H,35,36)/t13-,17-/m0/s1. The zero-order chi connectivity index (χ0) is 27.0. The lowest BCUT2D eigenvalue weighted by Crippen LogP contribution is -2.39. The van der Waals surface area contributed by atoms with Gasteiger partial charge in [0.1, 0.15) is 23.3 Å². The van der Waals surface area contributed by atoms with E-state index in [1.54, 1.807) is 17.0 Å². The number of hydrogen-bond acceptors (Lipinski definition) is 7. The first-order valence-corrected chi connectivity index (χ1v) is 11.4. The van der Waals surface area contributed by atoms with Crippen LogP contribution in [0.2, 0.25) is 0 Å². The lowest BCUT2D eigenvalue weighted by Gasteiger charge is -2.32. The number of nitrogens with zero attached hydrogens (tertiary/aromatic N) is 5. The van der Waals surface area contributed by atoms with Gasteiger partial charge in [-0.05, 0) is 30.3 Å². The van der Waals surface area contributed by atoms with Crippen LogP contribution >= 0.6 is 0 Å². The molecule has 1 aromatic carbocycles. The number of halogens is 6. The van der Waals surface area contributed by atoms with E-state index >= 15 is 0 Å². The Bertz CT molecular complexity index is 1150. The Kier molecular flexibility index (Phi) is 7.20. The maximum atomic E-state index is 13.4. The van der Waals surface area contributed by atoms with Crippen LogP contribution in [0.3, 0.4) is 0 Å². The van der Waals surface area contributed by atoms with E-state index < -0.39 is 48.1 Å². The highest BCUT2D eigenvalue weighted by Crippen LogP contribution is 2.37. The molecule has 0 spiro atoms. The van der Waals surface area contributed by atoms with Crippen molar-refractivity contribution in [3.63, 3.8) is 0 Å². The minimum Gasteiger partial charge on any atom is -0.490 e. The third kappa shape index (κ3) is 6.05. The van der Waals surface area contributed by atoms with Crippen molar-refractivity contribution in [1.82, 2.24) is 9.97 Å². The van der Waals surface area contributed by atoms with Crippen molar-refractivity contribution in [3.05, 3.63) is 42.2 Å². The smallest absolute Gasteiger partial charge is 0.433 e. The number of anilines is 2. The van der Waals surface area contributed by atoms with Gasteiger partial charge in [0.25, 0.3) is 0 Å².